The molecule has 2 N–H and O–H groups in total. The normalized spacial score (nSPS) is 20.7. The molecule has 0 saturated heterocycles. The van der Waals surface area contributed by atoms with Crippen molar-refractivity contribution in [1.29, 1.82) is 0 Å². The Morgan fingerprint density at radius 1 is 1.05 bits per heavy atom. The highest BCUT2D eigenvalue weighted by molar-refractivity contribution is 5.50. The number of rotatable bonds is 1. The summed E-state index contributed by atoms with van der Waals surface area (Å²) in [5, 5.41) is 19.5. The standard InChI is InChI=1S/C18H20O3/c1-3-15-16-6-4-13(19)9-12(16)8-11(2)21-18-10-14(20)5-7-17(15)18/h4-7,9-11,15,19-20H,3,8H2,1-2H3. The van der Waals surface area contributed by atoms with E-state index in [-0.39, 0.29) is 17.8 Å². The summed E-state index contributed by atoms with van der Waals surface area (Å²) in [6, 6.07) is 10.9. The van der Waals surface area contributed by atoms with Crippen LogP contribution in [0.3, 0.4) is 0 Å². The average Bonchev–Trinajstić information content (AvgIpc) is 2.42. The number of hydrogen-bond donors (Lipinski definition) is 2. The number of phenolic OH excluding ortho intramolecular Hbond substituents is 2. The molecule has 0 spiro atoms. The Bertz CT molecular complexity index is 608. The fourth-order valence-electron chi connectivity index (χ4n) is 3.20. The Labute approximate surface area is 124 Å². The number of phenols is 2. The Balaban J connectivity index is 2.20. The summed E-state index contributed by atoms with van der Waals surface area (Å²) in [4.78, 5) is 0. The maximum absolute atomic E-state index is 9.75. The first-order chi connectivity index (χ1) is 10.1. The van der Waals surface area contributed by atoms with Crippen LogP contribution in [-0.2, 0) is 6.42 Å². The van der Waals surface area contributed by atoms with Gasteiger partial charge in [-0.25, -0.2) is 0 Å². The van der Waals surface area contributed by atoms with Crippen molar-refractivity contribution in [3.8, 4) is 17.2 Å². The van der Waals surface area contributed by atoms with E-state index in [1.807, 2.05) is 25.1 Å². The van der Waals surface area contributed by atoms with Gasteiger partial charge in [0.15, 0.2) is 0 Å². The fraction of sp³-hybridized carbons (Fsp3) is 0.333. The van der Waals surface area contributed by atoms with E-state index in [1.165, 1.54) is 5.56 Å². The lowest BCUT2D eigenvalue weighted by molar-refractivity contribution is 0.215. The van der Waals surface area contributed by atoms with Crippen molar-refractivity contribution < 1.29 is 14.9 Å². The first-order valence-electron chi connectivity index (χ1n) is 7.39. The van der Waals surface area contributed by atoms with E-state index in [4.69, 9.17) is 4.74 Å². The third-order valence-corrected chi connectivity index (χ3v) is 4.12. The number of ether oxygens (including phenoxy) is 1. The zero-order chi connectivity index (χ0) is 15.0. The van der Waals surface area contributed by atoms with Gasteiger partial charge in [-0.3, -0.25) is 0 Å². The lowest BCUT2D eigenvalue weighted by Crippen LogP contribution is -2.21. The van der Waals surface area contributed by atoms with E-state index in [2.05, 4.69) is 6.92 Å². The zero-order valence-corrected chi connectivity index (χ0v) is 12.3. The lowest BCUT2D eigenvalue weighted by atomic mass is 9.83. The molecular formula is C18H20O3. The van der Waals surface area contributed by atoms with Gasteiger partial charge in [0.05, 0.1) is 6.10 Å². The number of benzene rings is 2. The molecule has 21 heavy (non-hydrogen) atoms. The lowest BCUT2D eigenvalue weighted by Gasteiger charge is -2.28. The Morgan fingerprint density at radius 2 is 1.71 bits per heavy atom. The van der Waals surface area contributed by atoms with Gasteiger partial charge in [0, 0.05) is 24.0 Å². The molecule has 0 aliphatic carbocycles. The second kappa shape index (κ2) is 5.32. The smallest absolute Gasteiger partial charge is 0.127 e. The van der Waals surface area contributed by atoms with Crippen molar-refractivity contribution in [2.75, 3.05) is 0 Å². The first kappa shape index (κ1) is 13.8. The van der Waals surface area contributed by atoms with E-state index in [0.717, 1.165) is 29.7 Å². The summed E-state index contributed by atoms with van der Waals surface area (Å²) in [7, 11) is 0. The molecule has 2 unspecified atom stereocenters. The largest absolute Gasteiger partial charge is 0.508 e. The van der Waals surface area contributed by atoms with Crippen LogP contribution in [0.15, 0.2) is 36.4 Å². The van der Waals surface area contributed by atoms with Gasteiger partial charge >= 0.3 is 0 Å². The average molecular weight is 284 g/mol. The number of fused-ring (bicyclic) bond motifs is 2. The number of aromatic hydroxyl groups is 2. The predicted molar refractivity (Wildman–Crippen MR) is 82.1 cm³/mol. The molecule has 0 saturated carbocycles. The molecule has 2 aromatic carbocycles. The highest BCUT2D eigenvalue weighted by atomic mass is 16.5. The second-order valence-electron chi connectivity index (χ2n) is 5.70. The van der Waals surface area contributed by atoms with E-state index in [9.17, 15) is 10.2 Å². The second-order valence-corrected chi connectivity index (χ2v) is 5.70. The maximum atomic E-state index is 9.75. The molecule has 2 aromatic rings. The molecule has 0 bridgehead atoms. The van der Waals surface area contributed by atoms with E-state index in [1.54, 1.807) is 18.2 Å². The van der Waals surface area contributed by atoms with Crippen LogP contribution in [0, 0.1) is 0 Å². The summed E-state index contributed by atoms with van der Waals surface area (Å²) < 4.78 is 6.00. The summed E-state index contributed by atoms with van der Waals surface area (Å²) in [5.41, 5.74) is 3.46. The first-order valence-corrected chi connectivity index (χ1v) is 7.39. The third kappa shape index (κ3) is 2.56. The van der Waals surface area contributed by atoms with Gasteiger partial charge < -0.3 is 14.9 Å². The molecule has 3 rings (SSSR count). The predicted octanol–water partition coefficient (Wildman–Crippen LogP) is 3.96. The van der Waals surface area contributed by atoms with Crippen LogP contribution in [0.2, 0.25) is 0 Å². The minimum Gasteiger partial charge on any atom is -0.508 e. The van der Waals surface area contributed by atoms with Crippen LogP contribution < -0.4 is 4.74 Å². The van der Waals surface area contributed by atoms with E-state index >= 15 is 0 Å². The van der Waals surface area contributed by atoms with Crippen LogP contribution in [0.4, 0.5) is 0 Å². The minimum absolute atomic E-state index is 0.0103. The Hall–Kier alpha value is -2.16. The molecule has 0 radical (unpaired) electrons. The molecule has 2 atom stereocenters. The monoisotopic (exact) mass is 284 g/mol. The fourth-order valence-corrected chi connectivity index (χ4v) is 3.20. The molecular weight excluding hydrogens is 264 g/mol. The van der Waals surface area contributed by atoms with Crippen LogP contribution in [0.5, 0.6) is 17.2 Å². The quantitative estimate of drug-likeness (QED) is 0.833. The molecule has 0 aromatic heterocycles. The van der Waals surface area contributed by atoms with Gasteiger partial charge in [0.1, 0.15) is 17.2 Å². The highest BCUT2D eigenvalue weighted by Crippen LogP contribution is 2.40. The molecule has 1 heterocycles. The summed E-state index contributed by atoms with van der Waals surface area (Å²) in [6.07, 6.45) is 1.67. The summed E-state index contributed by atoms with van der Waals surface area (Å²) in [5.74, 6) is 1.49. The van der Waals surface area contributed by atoms with Gasteiger partial charge in [0.2, 0.25) is 0 Å². The van der Waals surface area contributed by atoms with Gasteiger partial charge in [-0.1, -0.05) is 19.1 Å². The molecule has 3 heteroatoms. The molecule has 1 aliphatic rings. The third-order valence-electron chi connectivity index (χ3n) is 4.12. The Kier molecular flexibility index (Phi) is 3.50. The summed E-state index contributed by atoms with van der Waals surface area (Å²) in [6.45, 7) is 4.15. The van der Waals surface area contributed by atoms with Crippen LogP contribution >= 0.6 is 0 Å². The molecule has 3 nitrogen and oxygen atoms in total. The summed E-state index contributed by atoms with van der Waals surface area (Å²) >= 11 is 0. The number of hydrogen-bond acceptors (Lipinski definition) is 3. The Morgan fingerprint density at radius 3 is 2.43 bits per heavy atom. The van der Waals surface area contributed by atoms with E-state index < -0.39 is 0 Å². The topological polar surface area (TPSA) is 49.7 Å². The van der Waals surface area contributed by atoms with Gasteiger partial charge in [0.25, 0.3) is 0 Å². The van der Waals surface area contributed by atoms with Gasteiger partial charge in [-0.2, -0.15) is 0 Å². The zero-order valence-electron chi connectivity index (χ0n) is 12.3. The van der Waals surface area contributed by atoms with Crippen molar-refractivity contribution in [2.45, 2.75) is 38.7 Å². The van der Waals surface area contributed by atoms with Crippen molar-refractivity contribution in [3.05, 3.63) is 53.1 Å². The van der Waals surface area contributed by atoms with Crippen LogP contribution in [-0.4, -0.2) is 16.3 Å². The van der Waals surface area contributed by atoms with E-state index in [0.29, 0.717) is 5.75 Å². The maximum Gasteiger partial charge on any atom is 0.127 e. The minimum atomic E-state index is -0.0103. The van der Waals surface area contributed by atoms with Crippen molar-refractivity contribution in [2.24, 2.45) is 0 Å². The SMILES string of the molecule is CCC1c2ccc(O)cc2CC(C)Oc2cc(O)ccc21. The molecule has 0 fully saturated rings. The van der Waals surface area contributed by atoms with Crippen LogP contribution in [0.1, 0.15) is 42.9 Å². The van der Waals surface area contributed by atoms with Gasteiger partial charge in [-0.15, -0.1) is 0 Å². The molecule has 0 amide bonds. The van der Waals surface area contributed by atoms with Crippen molar-refractivity contribution in [1.82, 2.24) is 0 Å². The van der Waals surface area contributed by atoms with Crippen molar-refractivity contribution >= 4 is 0 Å². The molecule has 110 valence electrons. The van der Waals surface area contributed by atoms with Crippen molar-refractivity contribution in [3.63, 3.8) is 0 Å². The van der Waals surface area contributed by atoms with Gasteiger partial charge in [-0.05, 0) is 42.7 Å². The van der Waals surface area contributed by atoms with Crippen LogP contribution in [0.25, 0.3) is 0 Å². The highest BCUT2D eigenvalue weighted by Gasteiger charge is 2.25. The molecule has 1 aliphatic heterocycles.